The zero-order valence-corrected chi connectivity index (χ0v) is 9.95. The molecule has 1 rings (SSSR count). The fraction of sp³-hybridized carbons (Fsp3) is 0.909. The molecule has 0 spiro atoms. The van der Waals surface area contributed by atoms with Gasteiger partial charge in [0.15, 0.2) is 0 Å². The van der Waals surface area contributed by atoms with Gasteiger partial charge in [0.25, 0.3) is 0 Å². The van der Waals surface area contributed by atoms with Crippen LogP contribution in [0.25, 0.3) is 0 Å². The van der Waals surface area contributed by atoms with Crippen molar-refractivity contribution in [3.63, 3.8) is 0 Å². The normalized spacial score (nSPS) is 15.7. The number of rotatable bonds is 7. The van der Waals surface area contributed by atoms with Gasteiger partial charge in [0.05, 0.1) is 13.2 Å². The largest absolute Gasteiger partial charge is 0.383 e. The lowest BCUT2D eigenvalue weighted by Crippen LogP contribution is -2.44. The van der Waals surface area contributed by atoms with Gasteiger partial charge in [-0.15, -0.1) is 0 Å². The Labute approximate surface area is 92.0 Å². The summed E-state index contributed by atoms with van der Waals surface area (Å²) >= 11 is 0. The van der Waals surface area contributed by atoms with Gasteiger partial charge < -0.3 is 15.0 Å². The van der Waals surface area contributed by atoms with Crippen LogP contribution in [0.3, 0.4) is 0 Å². The molecule has 0 radical (unpaired) electrons. The maximum absolute atomic E-state index is 11.8. The van der Waals surface area contributed by atoms with E-state index in [4.69, 9.17) is 4.74 Å². The minimum Gasteiger partial charge on any atom is -0.383 e. The molecule has 1 saturated carbocycles. The van der Waals surface area contributed by atoms with E-state index in [0.717, 1.165) is 0 Å². The highest BCUT2D eigenvalue weighted by molar-refractivity contribution is 5.78. The lowest BCUT2D eigenvalue weighted by atomic mass is 10.3. The fourth-order valence-corrected chi connectivity index (χ4v) is 1.48. The summed E-state index contributed by atoms with van der Waals surface area (Å²) in [6.07, 6.45) is 2.43. The zero-order valence-electron chi connectivity index (χ0n) is 9.95. The monoisotopic (exact) mass is 214 g/mol. The molecule has 1 N–H and O–H groups in total. The van der Waals surface area contributed by atoms with Crippen LogP contribution >= 0.6 is 0 Å². The molecule has 1 aliphatic carbocycles. The molecule has 15 heavy (non-hydrogen) atoms. The minimum atomic E-state index is 0.175. The molecule has 0 saturated heterocycles. The van der Waals surface area contributed by atoms with Gasteiger partial charge in [-0.2, -0.15) is 0 Å². The Hall–Kier alpha value is -0.610. The van der Waals surface area contributed by atoms with Gasteiger partial charge in [0, 0.05) is 25.7 Å². The highest BCUT2D eigenvalue weighted by Crippen LogP contribution is 2.18. The first-order valence-corrected chi connectivity index (χ1v) is 5.67. The molecule has 88 valence electrons. The summed E-state index contributed by atoms with van der Waals surface area (Å²) in [7, 11) is 1.66. The Morgan fingerprint density at radius 3 is 2.67 bits per heavy atom. The molecule has 0 heterocycles. The number of amides is 1. The number of carbonyl (C=O) groups excluding carboxylic acids is 1. The van der Waals surface area contributed by atoms with E-state index in [2.05, 4.69) is 5.32 Å². The number of methoxy groups -OCH3 is 1. The molecule has 1 fully saturated rings. The predicted molar refractivity (Wildman–Crippen MR) is 59.7 cm³/mol. The second-order valence-corrected chi connectivity index (χ2v) is 4.33. The van der Waals surface area contributed by atoms with Crippen LogP contribution in [0.15, 0.2) is 0 Å². The van der Waals surface area contributed by atoms with E-state index < -0.39 is 0 Å². The first kappa shape index (κ1) is 12.5. The number of carbonyl (C=O) groups is 1. The first-order chi connectivity index (χ1) is 7.15. The second kappa shape index (κ2) is 6.08. The standard InChI is InChI=1S/C11H22N2O2/c1-9(2)13(6-7-15-3)11(14)8-12-10-4-5-10/h9-10,12H,4-8H2,1-3H3. The van der Waals surface area contributed by atoms with Crippen LogP contribution in [-0.4, -0.2) is 49.7 Å². The fourth-order valence-electron chi connectivity index (χ4n) is 1.48. The Balaban J connectivity index is 2.28. The highest BCUT2D eigenvalue weighted by atomic mass is 16.5. The Morgan fingerprint density at radius 2 is 2.20 bits per heavy atom. The maximum Gasteiger partial charge on any atom is 0.236 e. The van der Waals surface area contributed by atoms with Crippen molar-refractivity contribution in [2.24, 2.45) is 0 Å². The van der Waals surface area contributed by atoms with Crippen molar-refractivity contribution in [2.75, 3.05) is 26.8 Å². The Kier molecular flexibility index (Phi) is 5.05. The van der Waals surface area contributed by atoms with Crippen LogP contribution < -0.4 is 5.32 Å². The molecule has 0 atom stereocenters. The van der Waals surface area contributed by atoms with Crippen molar-refractivity contribution in [3.05, 3.63) is 0 Å². The summed E-state index contributed by atoms with van der Waals surface area (Å²) in [5.41, 5.74) is 0. The first-order valence-electron chi connectivity index (χ1n) is 5.67. The van der Waals surface area contributed by atoms with Crippen molar-refractivity contribution in [3.8, 4) is 0 Å². The van der Waals surface area contributed by atoms with Gasteiger partial charge in [-0.3, -0.25) is 4.79 Å². The third-order valence-corrected chi connectivity index (χ3v) is 2.60. The third-order valence-electron chi connectivity index (χ3n) is 2.60. The Morgan fingerprint density at radius 1 is 1.53 bits per heavy atom. The molecule has 4 nitrogen and oxygen atoms in total. The highest BCUT2D eigenvalue weighted by Gasteiger charge is 2.23. The molecule has 0 aromatic rings. The van der Waals surface area contributed by atoms with Crippen molar-refractivity contribution in [2.45, 2.75) is 38.8 Å². The quantitative estimate of drug-likeness (QED) is 0.675. The summed E-state index contributed by atoms with van der Waals surface area (Å²) in [6.45, 7) is 5.81. The van der Waals surface area contributed by atoms with E-state index in [9.17, 15) is 4.79 Å². The molecule has 4 heteroatoms. The van der Waals surface area contributed by atoms with Crippen molar-refractivity contribution >= 4 is 5.91 Å². The molecule has 1 aliphatic rings. The van der Waals surface area contributed by atoms with Crippen LogP contribution in [0, 0.1) is 0 Å². The smallest absolute Gasteiger partial charge is 0.236 e. The van der Waals surface area contributed by atoms with Gasteiger partial charge in [-0.25, -0.2) is 0 Å². The van der Waals surface area contributed by atoms with Gasteiger partial charge in [0.1, 0.15) is 0 Å². The minimum absolute atomic E-state index is 0.175. The number of hydrogen-bond acceptors (Lipinski definition) is 3. The molecule has 1 amide bonds. The van der Waals surface area contributed by atoms with Crippen molar-refractivity contribution < 1.29 is 9.53 Å². The lowest BCUT2D eigenvalue weighted by molar-refractivity contribution is -0.132. The number of nitrogens with zero attached hydrogens (tertiary/aromatic N) is 1. The van der Waals surface area contributed by atoms with Gasteiger partial charge in [-0.05, 0) is 26.7 Å². The third kappa shape index (κ3) is 4.62. The van der Waals surface area contributed by atoms with Crippen molar-refractivity contribution in [1.82, 2.24) is 10.2 Å². The molecule has 0 aromatic carbocycles. The average molecular weight is 214 g/mol. The van der Waals surface area contributed by atoms with Gasteiger partial charge in [0.2, 0.25) is 5.91 Å². The predicted octanol–water partition coefficient (Wildman–Crippen LogP) is 0.622. The number of nitrogens with one attached hydrogen (secondary N) is 1. The molecule has 0 aromatic heterocycles. The summed E-state index contributed by atoms with van der Waals surface area (Å²) in [5, 5.41) is 3.24. The molecule has 0 aliphatic heterocycles. The Bertz CT molecular complexity index is 203. The second-order valence-electron chi connectivity index (χ2n) is 4.33. The topological polar surface area (TPSA) is 41.6 Å². The number of hydrogen-bond donors (Lipinski definition) is 1. The average Bonchev–Trinajstić information content (AvgIpc) is 2.98. The van der Waals surface area contributed by atoms with Crippen LogP contribution in [0.2, 0.25) is 0 Å². The van der Waals surface area contributed by atoms with Crippen LogP contribution in [0.5, 0.6) is 0 Å². The summed E-state index contributed by atoms with van der Waals surface area (Å²) in [4.78, 5) is 13.7. The van der Waals surface area contributed by atoms with E-state index >= 15 is 0 Å². The zero-order chi connectivity index (χ0) is 11.3. The molecular weight excluding hydrogens is 192 g/mol. The van der Waals surface area contributed by atoms with Gasteiger partial charge >= 0.3 is 0 Å². The van der Waals surface area contributed by atoms with Crippen LogP contribution in [0.4, 0.5) is 0 Å². The van der Waals surface area contributed by atoms with E-state index in [0.29, 0.717) is 25.7 Å². The van der Waals surface area contributed by atoms with Gasteiger partial charge in [-0.1, -0.05) is 0 Å². The van der Waals surface area contributed by atoms with E-state index in [-0.39, 0.29) is 11.9 Å². The number of ether oxygens (including phenoxy) is 1. The summed E-state index contributed by atoms with van der Waals surface area (Å²) in [5.74, 6) is 0.175. The van der Waals surface area contributed by atoms with E-state index in [1.807, 2.05) is 18.7 Å². The molecular formula is C11H22N2O2. The summed E-state index contributed by atoms with van der Waals surface area (Å²) in [6, 6.07) is 0.832. The van der Waals surface area contributed by atoms with E-state index in [1.165, 1.54) is 12.8 Å². The van der Waals surface area contributed by atoms with Crippen molar-refractivity contribution in [1.29, 1.82) is 0 Å². The molecule has 0 unspecified atom stereocenters. The van der Waals surface area contributed by atoms with Crippen LogP contribution in [-0.2, 0) is 9.53 Å². The van der Waals surface area contributed by atoms with E-state index in [1.54, 1.807) is 7.11 Å². The summed E-state index contributed by atoms with van der Waals surface area (Å²) < 4.78 is 5.00. The van der Waals surface area contributed by atoms with Crippen LogP contribution in [0.1, 0.15) is 26.7 Å². The maximum atomic E-state index is 11.8. The lowest BCUT2D eigenvalue weighted by Gasteiger charge is -2.26. The SMILES string of the molecule is COCCN(C(=O)CNC1CC1)C(C)C. The molecule has 0 bridgehead atoms.